The van der Waals surface area contributed by atoms with Gasteiger partial charge in [0.1, 0.15) is 0 Å². The van der Waals surface area contributed by atoms with Crippen molar-refractivity contribution >= 4 is 36.4 Å². The Morgan fingerprint density at radius 1 is 1.17 bits per heavy atom. The molecule has 8 heteroatoms. The average molecular weight is 408 g/mol. The molecule has 2 nitrogen and oxygen atoms in total. The molecule has 1 aromatic rings. The van der Waals surface area contributed by atoms with Gasteiger partial charge >= 0.3 is 6.18 Å². The number of piperazine rings is 1. The van der Waals surface area contributed by atoms with Crippen LogP contribution in [0, 0.1) is 5.92 Å². The maximum atomic E-state index is 13.1. The van der Waals surface area contributed by atoms with Crippen molar-refractivity contribution in [2.24, 2.45) is 5.92 Å². The van der Waals surface area contributed by atoms with Crippen LogP contribution < -0.4 is 5.32 Å². The Labute approximate surface area is 158 Å². The standard InChI is InChI=1S/C16H22ClF3N2.2ClH/c1-3-11(2)15(22-6-4-21-5-7-22)12-8-13(16(18,19)20)10-14(17)9-12;;/h8-11,15,21H,3-7H2,1-2H3;2*1H/t11?,15-;;/m0../s1. The fourth-order valence-corrected chi connectivity index (χ4v) is 3.27. The lowest BCUT2D eigenvalue weighted by atomic mass is 9.89. The van der Waals surface area contributed by atoms with E-state index in [4.69, 9.17) is 11.6 Å². The lowest BCUT2D eigenvalue weighted by Crippen LogP contribution is -2.46. The van der Waals surface area contributed by atoms with Crippen molar-refractivity contribution in [3.8, 4) is 0 Å². The minimum Gasteiger partial charge on any atom is -0.314 e. The van der Waals surface area contributed by atoms with Gasteiger partial charge in [0.15, 0.2) is 0 Å². The van der Waals surface area contributed by atoms with Crippen LogP contribution in [0.1, 0.15) is 37.4 Å². The number of halogens is 6. The van der Waals surface area contributed by atoms with Gasteiger partial charge in [-0.3, -0.25) is 4.90 Å². The molecule has 1 aliphatic heterocycles. The number of hydrogen-bond acceptors (Lipinski definition) is 2. The molecule has 140 valence electrons. The molecule has 0 saturated carbocycles. The summed E-state index contributed by atoms with van der Waals surface area (Å²) in [5.41, 5.74) is -0.00508. The van der Waals surface area contributed by atoms with Crippen LogP contribution in [0.15, 0.2) is 18.2 Å². The topological polar surface area (TPSA) is 15.3 Å². The number of alkyl halides is 3. The van der Waals surface area contributed by atoms with E-state index in [0.717, 1.165) is 38.7 Å². The molecule has 0 radical (unpaired) electrons. The minimum absolute atomic E-state index is 0. The van der Waals surface area contributed by atoms with Gasteiger partial charge in [0.2, 0.25) is 0 Å². The van der Waals surface area contributed by atoms with E-state index in [1.54, 1.807) is 6.07 Å². The van der Waals surface area contributed by atoms with Gasteiger partial charge in [-0.2, -0.15) is 13.2 Å². The highest BCUT2D eigenvalue weighted by Crippen LogP contribution is 2.37. The fraction of sp³-hybridized carbons (Fsp3) is 0.625. The second-order valence-electron chi connectivity index (χ2n) is 5.89. The molecule has 0 bridgehead atoms. The largest absolute Gasteiger partial charge is 0.416 e. The number of hydrogen-bond donors (Lipinski definition) is 1. The van der Waals surface area contributed by atoms with Crippen molar-refractivity contribution in [3.05, 3.63) is 34.3 Å². The molecular formula is C16H24Cl3F3N2. The number of rotatable bonds is 4. The lowest BCUT2D eigenvalue weighted by molar-refractivity contribution is -0.137. The van der Waals surface area contributed by atoms with Crippen molar-refractivity contribution in [1.29, 1.82) is 0 Å². The first-order valence-corrected chi connectivity index (χ1v) is 8.03. The summed E-state index contributed by atoms with van der Waals surface area (Å²) in [5, 5.41) is 3.42. The summed E-state index contributed by atoms with van der Waals surface area (Å²) < 4.78 is 39.2. The van der Waals surface area contributed by atoms with Crippen molar-refractivity contribution in [1.82, 2.24) is 10.2 Å². The molecule has 0 aromatic heterocycles. The maximum absolute atomic E-state index is 13.1. The van der Waals surface area contributed by atoms with Crippen LogP contribution >= 0.6 is 36.4 Å². The van der Waals surface area contributed by atoms with Gasteiger partial charge in [-0.1, -0.05) is 31.9 Å². The third kappa shape index (κ3) is 5.95. The predicted octanol–water partition coefficient (Wildman–Crippen LogP) is 5.19. The average Bonchev–Trinajstić information content (AvgIpc) is 2.47. The van der Waals surface area contributed by atoms with Gasteiger partial charge in [0.25, 0.3) is 0 Å². The van der Waals surface area contributed by atoms with E-state index < -0.39 is 11.7 Å². The van der Waals surface area contributed by atoms with Crippen LogP contribution in [0.4, 0.5) is 13.2 Å². The van der Waals surface area contributed by atoms with Crippen LogP contribution in [0.5, 0.6) is 0 Å². The summed E-state index contributed by atoms with van der Waals surface area (Å²) >= 11 is 5.96. The summed E-state index contributed by atoms with van der Waals surface area (Å²) in [7, 11) is 0. The van der Waals surface area contributed by atoms with Gasteiger partial charge in [0, 0.05) is 37.2 Å². The van der Waals surface area contributed by atoms with Crippen molar-refractivity contribution in [2.45, 2.75) is 32.5 Å². The van der Waals surface area contributed by atoms with E-state index in [9.17, 15) is 13.2 Å². The lowest BCUT2D eigenvalue weighted by Gasteiger charge is -2.38. The summed E-state index contributed by atoms with van der Waals surface area (Å²) in [6.07, 6.45) is -3.47. The van der Waals surface area contributed by atoms with E-state index in [1.807, 2.05) is 0 Å². The molecule has 0 spiro atoms. The Morgan fingerprint density at radius 2 is 1.75 bits per heavy atom. The maximum Gasteiger partial charge on any atom is 0.416 e. The minimum atomic E-state index is -4.37. The van der Waals surface area contributed by atoms with E-state index in [1.165, 1.54) is 6.07 Å². The van der Waals surface area contributed by atoms with E-state index in [-0.39, 0.29) is 41.8 Å². The van der Waals surface area contributed by atoms with Crippen molar-refractivity contribution in [2.75, 3.05) is 26.2 Å². The van der Waals surface area contributed by atoms with E-state index in [2.05, 4.69) is 24.1 Å². The highest BCUT2D eigenvalue weighted by molar-refractivity contribution is 6.30. The molecule has 2 rings (SSSR count). The molecule has 1 saturated heterocycles. The second-order valence-corrected chi connectivity index (χ2v) is 6.32. The summed E-state index contributed by atoms with van der Waals surface area (Å²) in [4.78, 5) is 2.26. The number of nitrogens with zero attached hydrogens (tertiary/aromatic N) is 1. The first kappa shape index (κ1) is 23.8. The summed E-state index contributed by atoms with van der Waals surface area (Å²) in [6.45, 7) is 7.54. The predicted molar refractivity (Wildman–Crippen MR) is 97.6 cm³/mol. The highest BCUT2D eigenvalue weighted by atomic mass is 35.5. The van der Waals surface area contributed by atoms with Crippen LogP contribution in [-0.4, -0.2) is 31.1 Å². The second kappa shape index (κ2) is 10.1. The third-order valence-corrected chi connectivity index (χ3v) is 4.54. The molecule has 1 N–H and O–H groups in total. The Bertz CT molecular complexity index is 506. The Kier molecular flexibility index (Phi) is 9.99. The van der Waals surface area contributed by atoms with Crippen molar-refractivity contribution in [3.63, 3.8) is 0 Å². The van der Waals surface area contributed by atoms with Crippen molar-refractivity contribution < 1.29 is 13.2 Å². The van der Waals surface area contributed by atoms with Gasteiger partial charge in [-0.25, -0.2) is 0 Å². The van der Waals surface area contributed by atoms with Gasteiger partial charge in [-0.15, -0.1) is 24.8 Å². The Hall–Kier alpha value is -0.200. The molecule has 24 heavy (non-hydrogen) atoms. The molecule has 1 unspecified atom stereocenters. The number of benzene rings is 1. The molecule has 1 heterocycles. The normalized spacial score (nSPS) is 18.2. The van der Waals surface area contributed by atoms with E-state index >= 15 is 0 Å². The monoisotopic (exact) mass is 406 g/mol. The molecule has 0 amide bonds. The Morgan fingerprint density at radius 3 is 2.25 bits per heavy atom. The Balaban J connectivity index is 0.00000264. The molecule has 1 fully saturated rings. The smallest absolute Gasteiger partial charge is 0.314 e. The van der Waals surface area contributed by atoms with Gasteiger partial charge in [-0.05, 0) is 29.7 Å². The van der Waals surface area contributed by atoms with Crippen LogP contribution in [-0.2, 0) is 6.18 Å². The highest BCUT2D eigenvalue weighted by Gasteiger charge is 2.33. The van der Waals surface area contributed by atoms with E-state index in [0.29, 0.717) is 5.56 Å². The molecule has 0 aliphatic carbocycles. The van der Waals surface area contributed by atoms with Crippen LogP contribution in [0.2, 0.25) is 5.02 Å². The first-order valence-electron chi connectivity index (χ1n) is 7.65. The quantitative estimate of drug-likeness (QED) is 0.738. The zero-order valence-corrected chi connectivity index (χ0v) is 16.1. The molecule has 1 aromatic carbocycles. The van der Waals surface area contributed by atoms with Gasteiger partial charge in [0.05, 0.1) is 5.56 Å². The van der Waals surface area contributed by atoms with Crippen LogP contribution in [0.3, 0.4) is 0 Å². The van der Waals surface area contributed by atoms with Crippen LogP contribution in [0.25, 0.3) is 0 Å². The van der Waals surface area contributed by atoms with Gasteiger partial charge < -0.3 is 5.32 Å². The molecule has 2 atom stereocenters. The molecular weight excluding hydrogens is 384 g/mol. The zero-order valence-electron chi connectivity index (χ0n) is 13.7. The molecule has 1 aliphatic rings. The zero-order chi connectivity index (χ0) is 16.3. The third-order valence-electron chi connectivity index (χ3n) is 4.32. The SMILES string of the molecule is CCC(C)[C@@H](c1cc(Cl)cc(C(F)(F)F)c1)N1CCNCC1.Cl.Cl. The number of nitrogens with one attached hydrogen (secondary N) is 1. The fourth-order valence-electron chi connectivity index (χ4n) is 3.03. The summed E-state index contributed by atoms with van der Waals surface area (Å²) in [6, 6.07) is 3.89. The summed E-state index contributed by atoms with van der Waals surface area (Å²) in [5.74, 6) is 0.262. The first-order chi connectivity index (χ1) is 10.3.